The molecule has 0 aromatic heterocycles. The van der Waals surface area contributed by atoms with Gasteiger partial charge in [0.15, 0.2) is 12.9 Å². The lowest BCUT2D eigenvalue weighted by molar-refractivity contribution is -0.123. The van der Waals surface area contributed by atoms with E-state index < -0.39 is 0 Å². The number of carbonyl (C=O) groups excluding carboxylic acids is 2. The zero-order valence-electron chi connectivity index (χ0n) is 11.9. The van der Waals surface area contributed by atoms with Crippen molar-refractivity contribution in [1.82, 2.24) is 5.32 Å². The molecular weight excluding hydrogens is 285 g/mol. The maximum absolute atomic E-state index is 13.4. The summed E-state index contributed by atoms with van der Waals surface area (Å²) in [4.78, 5) is 22.5. The van der Waals surface area contributed by atoms with Crippen molar-refractivity contribution in [3.8, 4) is 5.75 Å². The summed E-state index contributed by atoms with van der Waals surface area (Å²) >= 11 is 0. The summed E-state index contributed by atoms with van der Waals surface area (Å²) in [5, 5.41) is 2.65. The van der Waals surface area contributed by atoms with Gasteiger partial charge in [0.05, 0.1) is 5.56 Å². The molecule has 5 heteroatoms. The molecule has 2 rings (SSSR count). The molecule has 0 saturated heterocycles. The van der Waals surface area contributed by atoms with Crippen molar-refractivity contribution in [3.05, 3.63) is 65.5 Å². The van der Waals surface area contributed by atoms with Gasteiger partial charge in [-0.1, -0.05) is 30.3 Å². The molecule has 0 aliphatic rings. The molecule has 1 N–H and O–H groups in total. The van der Waals surface area contributed by atoms with Crippen LogP contribution >= 0.6 is 0 Å². The maximum atomic E-state index is 13.4. The van der Waals surface area contributed by atoms with Crippen molar-refractivity contribution in [2.45, 2.75) is 6.42 Å². The number of ether oxygens (including phenoxy) is 1. The van der Waals surface area contributed by atoms with E-state index in [9.17, 15) is 14.0 Å². The standard InChI is InChI=1S/C17H16FNO3/c18-15-7-3-1-5-13(15)9-10-19-17(21)12-22-16-8-4-2-6-14(16)11-20/h1-8,11H,9-10,12H2,(H,19,21). The van der Waals surface area contributed by atoms with Crippen LogP contribution in [-0.2, 0) is 11.2 Å². The second kappa shape index (κ2) is 7.93. The first-order chi connectivity index (χ1) is 10.7. The van der Waals surface area contributed by atoms with Crippen LogP contribution in [0.15, 0.2) is 48.5 Å². The van der Waals surface area contributed by atoms with E-state index in [2.05, 4.69) is 5.32 Å². The second-order valence-electron chi connectivity index (χ2n) is 4.64. The number of hydrogen-bond acceptors (Lipinski definition) is 3. The molecule has 0 radical (unpaired) electrons. The zero-order chi connectivity index (χ0) is 15.8. The number of nitrogens with one attached hydrogen (secondary N) is 1. The minimum atomic E-state index is -0.322. The molecule has 2 aromatic rings. The zero-order valence-corrected chi connectivity index (χ0v) is 11.9. The summed E-state index contributed by atoms with van der Waals surface area (Å²) in [6, 6.07) is 13.1. The Kier molecular flexibility index (Phi) is 5.65. The van der Waals surface area contributed by atoms with Crippen LogP contribution in [0.1, 0.15) is 15.9 Å². The fourth-order valence-electron chi connectivity index (χ4n) is 1.94. The van der Waals surface area contributed by atoms with Gasteiger partial charge in [0.25, 0.3) is 5.91 Å². The topological polar surface area (TPSA) is 55.4 Å². The summed E-state index contributed by atoms with van der Waals surface area (Å²) in [6.07, 6.45) is 1.08. The average Bonchev–Trinajstić information content (AvgIpc) is 2.55. The SMILES string of the molecule is O=Cc1ccccc1OCC(=O)NCCc1ccccc1F. The van der Waals surface area contributed by atoms with Crippen LogP contribution in [0.4, 0.5) is 4.39 Å². The van der Waals surface area contributed by atoms with Crippen LogP contribution in [0.2, 0.25) is 0 Å². The van der Waals surface area contributed by atoms with Gasteiger partial charge in [-0.15, -0.1) is 0 Å². The van der Waals surface area contributed by atoms with Crippen LogP contribution in [0, 0.1) is 5.82 Å². The lowest BCUT2D eigenvalue weighted by atomic mass is 10.1. The lowest BCUT2D eigenvalue weighted by Crippen LogP contribution is -2.30. The van der Waals surface area contributed by atoms with Gasteiger partial charge in [-0.25, -0.2) is 4.39 Å². The van der Waals surface area contributed by atoms with E-state index in [0.29, 0.717) is 36.1 Å². The first kappa shape index (κ1) is 15.7. The highest BCUT2D eigenvalue weighted by molar-refractivity contribution is 5.80. The molecule has 2 aromatic carbocycles. The van der Waals surface area contributed by atoms with Crippen LogP contribution in [0.3, 0.4) is 0 Å². The molecule has 0 aliphatic carbocycles. The summed E-state index contributed by atoms with van der Waals surface area (Å²) in [7, 11) is 0. The summed E-state index contributed by atoms with van der Waals surface area (Å²) in [5.74, 6) is -0.244. The van der Waals surface area contributed by atoms with Gasteiger partial charge in [-0.05, 0) is 30.2 Å². The summed E-state index contributed by atoms with van der Waals surface area (Å²) in [6.45, 7) is 0.126. The van der Waals surface area contributed by atoms with Gasteiger partial charge in [0.2, 0.25) is 0 Å². The number of benzene rings is 2. The van der Waals surface area contributed by atoms with Gasteiger partial charge in [-0.3, -0.25) is 9.59 Å². The van der Waals surface area contributed by atoms with E-state index in [1.165, 1.54) is 6.07 Å². The lowest BCUT2D eigenvalue weighted by Gasteiger charge is -2.09. The van der Waals surface area contributed by atoms with Crippen molar-refractivity contribution in [1.29, 1.82) is 0 Å². The van der Waals surface area contributed by atoms with Gasteiger partial charge in [-0.2, -0.15) is 0 Å². The van der Waals surface area contributed by atoms with E-state index in [4.69, 9.17) is 4.74 Å². The second-order valence-corrected chi connectivity index (χ2v) is 4.64. The molecule has 22 heavy (non-hydrogen) atoms. The Bertz CT molecular complexity index is 658. The number of aldehydes is 1. The van der Waals surface area contributed by atoms with E-state index in [1.54, 1.807) is 42.5 Å². The molecule has 0 unspecified atom stereocenters. The fraction of sp³-hybridized carbons (Fsp3) is 0.176. The number of rotatable bonds is 7. The van der Waals surface area contributed by atoms with E-state index >= 15 is 0 Å². The Hall–Kier alpha value is -2.69. The third-order valence-electron chi connectivity index (χ3n) is 3.08. The molecular formula is C17H16FNO3. The predicted molar refractivity (Wildman–Crippen MR) is 80.4 cm³/mol. The highest BCUT2D eigenvalue weighted by Crippen LogP contribution is 2.15. The quantitative estimate of drug-likeness (QED) is 0.799. The molecule has 0 aliphatic heterocycles. The molecule has 114 valence electrons. The highest BCUT2D eigenvalue weighted by Gasteiger charge is 2.06. The summed E-state index contributed by atoms with van der Waals surface area (Å²) in [5.41, 5.74) is 0.941. The van der Waals surface area contributed by atoms with Crippen molar-refractivity contribution in [3.63, 3.8) is 0 Å². The van der Waals surface area contributed by atoms with Gasteiger partial charge >= 0.3 is 0 Å². The third-order valence-corrected chi connectivity index (χ3v) is 3.08. The molecule has 0 atom stereocenters. The first-order valence-electron chi connectivity index (χ1n) is 6.88. The monoisotopic (exact) mass is 301 g/mol. The van der Waals surface area contributed by atoms with Crippen molar-refractivity contribution >= 4 is 12.2 Å². The maximum Gasteiger partial charge on any atom is 0.257 e. The number of halogens is 1. The van der Waals surface area contributed by atoms with Gasteiger partial charge < -0.3 is 10.1 Å². The Labute approximate surface area is 127 Å². The van der Waals surface area contributed by atoms with Gasteiger partial charge in [0.1, 0.15) is 11.6 Å². The molecule has 0 fully saturated rings. The van der Waals surface area contributed by atoms with Crippen LogP contribution in [0.5, 0.6) is 5.75 Å². The molecule has 0 bridgehead atoms. The average molecular weight is 301 g/mol. The Morgan fingerprint density at radius 1 is 1.14 bits per heavy atom. The Morgan fingerprint density at radius 3 is 2.64 bits per heavy atom. The van der Waals surface area contributed by atoms with E-state index in [-0.39, 0.29) is 18.3 Å². The normalized spacial score (nSPS) is 10.0. The fourth-order valence-corrected chi connectivity index (χ4v) is 1.94. The number of amides is 1. The van der Waals surface area contributed by atoms with Crippen molar-refractivity contribution in [2.75, 3.05) is 13.2 Å². The van der Waals surface area contributed by atoms with E-state index in [0.717, 1.165) is 0 Å². The number of carbonyl (C=O) groups is 2. The van der Waals surface area contributed by atoms with E-state index in [1.807, 2.05) is 0 Å². The predicted octanol–water partition coefficient (Wildman–Crippen LogP) is 2.38. The molecule has 0 heterocycles. The first-order valence-corrected chi connectivity index (χ1v) is 6.88. The van der Waals surface area contributed by atoms with Crippen LogP contribution in [-0.4, -0.2) is 25.3 Å². The minimum absolute atomic E-state index is 0.192. The smallest absolute Gasteiger partial charge is 0.257 e. The number of hydrogen-bond donors (Lipinski definition) is 1. The van der Waals surface area contributed by atoms with Crippen LogP contribution in [0.25, 0.3) is 0 Å². The third kappa shape index (κ3) is 4.41. The van der Waals surface area contributed by atoms with Crippen molar-refractivity contribution in [2.24, 2.45) is 0 Å². The minimum Gasteiger partial charge on any atom is -0.483 e. The van der Waals surface area contributed by atoms with Crippen molar-refractivity contribution < 1.29 is 18.7 Å². The molecule has 0 saturated carbocycles. The molecule has 1 amide bonds. The summed E-state index contributed by atoms with van der Waals surface area (Å²) < 4.78 is 18.7. The number of para-hydroxylation sites is 1. The Morgan fingerprint density at radius 2 is 1.86 bits per heavy atom. The van der Waals surface area contributed by atoms with Crippen LogP contribution < -0.4 is 10.1 Å². The molecule has 4 nitrogen and oxygen atoms in total. The highest BCUT2D eigenvalue weighted by atomic mass is 19.1. The Balaban J connectivity index is 1.77. The molecule has 0 spiro atoms. The van der Waals surface area contributed by atoms with Gasteiger partial charge in [0, 0.05) is 6.54 Å². The largest absolute Gasteiger partial charge is 0.483 e.